The van der Waals surface area contributed by atoms with Crippen LogP contribution in [0.1, 0.15) is 82.3 Å². The van der Waals surface area contributed by atoms with E-state index in [0.717, 1.165) is 43.9 Å². The molecule has 5 nitrogen and oxygen atoms in total. The molecular weight excluding hydrogens is 402 g/mol. The van der Waals surface area contributed by atoms with Crippen molar-refractivity contribution in [3.8, 4) is 11.5 Å². The third kappa shape index (κ3) is 4.68. The van der Waals surface area contributed by atoms with Gasteiger partial charge in [0, 0.05) is 24.9 Å². The number of benzene rings is 1. The minimum Gasteiger partial charge on any atom is -0.493 e. The molecule has 1 aromatic rings. The SMILES string of the molecule is CCCCCCCCCC(=O)O[C@H]1C=CC23CCN(C)Cc4ccc(OC)c(c42)O[C@H]3C1. The molecule has 2 heterocycles. The topological polar surface area (TPSA) is 48.0 Å². The molecule has 0 bridgehead atoms. The summed E-state index contributed by atoms with van der Waals surface area (Å²) >= 11 is 0. The molecule has 4 rings (SSSR count). The summed E-state index contributed by atoms with van der Waals surface area (Å²) in [7, 11) is 3.87. The number of hydrogen-bond acceptors (Lipinski definition) is 5. The Morgan fingerprint density at radius 1 is 1.19 bits per heavy atom. The molecule has 0 aromatic heterocycles. The Balaban J connectivity index is 1.38. The lowest BCUT2D eigenvalue weighted by atomic mass is 9.69. The van der Waals surface area contributed by atoms with Crippen molar-refractivity contribution in [2.45, 2.75) is 95.3 Å². The summed E-state index contributed by atoms with van der Waals surface area (Å²) in [6.45, 7) is 4.15. The van der Waals surface area contributed by atoms with Gasteiger partial charge in [-0.25, -0.2) is 0 Å². The second-order valence-corrected chi connectivity index (χ2v) is 9.76. The van der Waals surface area contributed by atoms with Gasteiger partial charge < -0.3 is 19.1 Å². The van der Waals surface area contributed by atoms with Gasteiger partial charge in [0.25, 0.3) is 0 Å². The van der Waals surface area contributed by atoms with Crippen LogP contribution in [0.4, 0.5) is 0 Å². The maximum Gasteiger partial charge on any atom is 0.306 e. The Morgan fingerprint density at radius 2 is 1.97 bits per heavy atom. The fraction of sp³-hybridized carbons (Fsp3) is 0.667. The first-order valence-electron chi connectivity index (χ1n) is 12.5. The van der Waals surface area contributed by atoms with Gasteiger partial charge in [-0.15, -0.1) is 0 Å². The molecule has 3 aliphatic rings. The normalized spacial score (nSPS) is 26.1. The third-order valence-corrected chi connectivity index (χ3v) is 7.40. The molecule has 0 amide bonds. The van der Waals surface area contributed by atoms with Crippen LogP contribution in [-0.2, 0) is 21.5 Å². The van der Waals surface area contributed by atoms with Gasteiger partial charge in [0.05, 0.1) is 12.5 Å². The van der Waals surface area contributed by atoms with Crippen molar-refractivity contribution < 1.29 is 19.0 Å². The van der Waals surface area contributed by atoms with Crippen molar-refractivity contribution in [1.29, 1.82) is 0 Å². The summed E-state index contributed by atoms with van der Waals surface area (Å²) in [5.74, 6) is 1.59. The van der Waals surface area contributed by atoms with E-state index in [1.165, 1.54) is 43.2 Å². The van der Waals surface area contributed by atoms with Gasteiger partial charge >= 0.3 is 5.97 Å². The van der Waals surface area contributed by atoms with Gasteiger partial charge in [-0.3, -0.25) is 4.79 Å². The first-order valence-corrected chi connectivity index (χ1v) is 12.5. The molecule has 0 N–H and O–H groups in total. The van der Waals surface area contributed by atoms with E-state index in [4.69, 9.17) is 14.2 Å². The van der Waals surface area contributed by atoms with Gasteiger partial charge in [-0.2, -0.15) is 0 Å². The summed E-state index contributed by atoms with van der Waals surface area (Å²) in [6, 6.07) is 4.19. The van der Waals surface area contributed by atoms with Crippen LogP contribution in [0.15, 0.2) is 24.3 Å². The highest BCUT2D eigenvalue weighted by molar-refractivity contribution is 5.70. The average molecular weight is 442 g/mol. The molecule has 1 spiro atoms. The Kier molecular flexibility index (Phi) is 7.44. The zero-order valence-corrected chi connectivity index (χ0v) is 20.0. The molecule has 2 aliphatic heterocycles. The highest BCUT2D eigenvalue weighted by Crippen LogP contribution is 2.55. The van der Waals surface area contributed by atoms with E-state index in [2.05, 4.69) is 37.1 Å². The number of esters is 1. The number of carbonyl (C=O) groups excluding carboxylic acids is 1. The molecule has 5 heteroatoms. The molecule has 0 fully saturated rings. The molecule has 0 saturated heterocycles. The zero-order valence-electron chi connectivity index (χ0n) is 20.0. The molecule has 1 unspecified atom stereocenters. The summed E-state index contributed by atoms with van der Waals surface area (Å²) in [4.78, 5) is 14.8. The fourth-order valence-corrected chi connectivity index (χ4v) is 5.61. The Labute approximate surface area is 193 Å². The Bertz CT molecular complexity index is 835. The molecule has 1 aromatic carbocycles. The summed E-state index contributed by atoms with van der Waals surface area (Å²) in [5, 5.41) is 0. The van der Waals surface area contributed by atoms with E-state index in [0.29, 0.717) is 12.8 Å². The van der Waals surface area contributed by atoms with E-state index >= 15 is 0 Å². The maximum atomic E-state index is 12.4. The predicted octanol–water partition coefficient (Wildman–Crippen LogP) is 5.54. The lowest BCUT2D eigenvalue weighted by Crippen LogP contribution is -2.43. The van der Waals surface area contributed by atoms with Crippen molar-refractivity contribution in [1.82, 2.24) is 4.90 Å². The molecule has 3 atom stereocenters. The van der Waals surface area contributed by atoms with E-state index in [9.17, 15) is 4.79 Å². The number of carbonyl (C=O) groups is 1. The molecule has 0 radical (unpaired) electrons. The smallest absolute Gasteiger partial charge is 0.306 e. The van der Waals surface area contributed by atoms with Crippen LogP contribution in [0.5, 0.6) is 11.5 Å². The van der Waals surface area contributed by atoms with Crippen LogP contribution in [0.2, 0.25) is 0 Å². The number of ether oxygens (including phenoxy) is 3. The minimum atomic E-state index is -0.215. The van der Waals surface area contributed by atoms with Crippen molar-refractivity contribution in [3.63, 3.8) is 0 Å². The molecule has 0 saturated carbocycles. The minimum absolute atomic E-state index is 0.0274. The Morgan fingerprint density at radius 3 is 2.75 bits per heavy atom. The standard InChI is InChI=1S/C27H39NO4/c1-4-5-6-7-8-9-10-11-24(29)31-21-14-15-27-16-17-28(2)19-20-12-13-22(30-3)26(25(20)27)32-23(27)18-21/h12-15,21,23H,4-11,16-19H2,1-3H3/t21-,23-,27?/m0/s1. The van der Waals surface area contributed by atoms with Crippen LogP contribution >= 0.6 is 0 Å². The molecule has 176 valence electrons. The Hall–Kier alpha value is -2.01. The van der Waals surface area contributed by atoms with Crippen molar-refractivity contribution in [3.05, 3.63) is 35.4 Å². The quantitative estimate of drug-likeness (QED) is 0.271. The van der Waals surface area contributed by atoms with Crippen molar-refractivity contribution >= 4 is 5.97 Å². The van der Waals surface area contributed by atoms with Crippen LogP contribution in [-0.4, -0.2) is 43.8 Å². The van der Waals surface area contributed by atoms with Gasteiger partial charge in [-0.1, -0.05) is 57.6 Å². The van der Waals surface area contributed by atoms with Crippen molar-refractivity contribution in [2.24, 2.45) is 0 Å². The predicted molar refractivity (Wildman–Crippen MR) is 126 cm³/mol. The number of methoxy groups -OCH3 is 1. The lowest BCUT2D eigenvalue weighted by molar-refractivity contribution is -0.148. The first-order chi connectivity index (χ1) is 15.6. The highest BCUT2D eigenvalue weighted by atomic mass is 16.6. The third-order valence-electron chi connectivity index (χ3n) is 7.40. The van der Waals surface area contributed by atoms with Gasteiger partial charge in [-0.05, 0) is 44.1 Å². The lowest BCUT2D eigenvalue weighted by Gasteiger charge is -2.36. The number of nitrogens with zero attached hydrogens (tertiary/aromatic N) is 1. The van der Waals surface area contributed by atoms with Crippen LogP contribution < -0.4 is 9.47 Å². The second-order valence-electron chi connectivity index (χ2n) is 9.76. The summed E-state index contributed by atoms with van der Waals surface area (Å²) in [6.07, 6.45) is 14.7. The fourth-order valence-electron chi connectivity index (χ4n) is 5.61. The van der Waals surface area contributed by atoms with Gasteiger partial charge in [0.2, 0.25) is 0 Å². The van der Waals surface area contributed by atoms with Gasteiger partial charge in [0.15, 0.2) is 11.5 Å². The highest BCUT2D eigenvalue weighted by Gasteiger charge is 2.53. The van der Waals surface area contributed by atoms with Crippen molar-refractivity contribution in [2.75, 3.05) is 20.7 Å². The van der Waals surface area contributed by atoms with Crippen LogP contribution in [0.3, 0.4) is 0 Å². The van der Waals surface area contributed by atoms with E-state index in [-0.39, 0.29) is 23.6 Å². The van der Waals surface area contributed by atoms with Crippen LogP contribution in [0, 0.1) is 0 Å². The number of rotatable bonds is 10. The number of unbranched alkanes of at least 4 members (excludes halogenated alkanes) is 6. The van der Waals surface area contributed by atoms with Crippen LogP contribution in [0.25, 0.3) is 0 Å². The molecule has 32 heavy (non-hydrogen) atoms. The summed E-state index contributed by atoms with van der Waals surface area (Å²) < 4.78 is 18.0. The second kappa shape index (κ2) is 10.3. The van der Waals surface area contributed by atoms with E-state index in [1.807, 2.05) is 6.07 Å². The molecule has 1 aliphatic carbocycles. The molecular formula is C27H39NO4. The largest absolute Gasteiger partial charge is 0.493 e. The van der Waals surface area contributed by atoms with E-state index < -0.39 is 0 Å². The average Bonchev–Trinajstić information content (AvgIpc) is 3.04. The monoisotopic (exact) mass is 441 g/mol. The first kappa shape index (κ1) is 23.2. The zero-order chi connectivity index (χ0) is 22.6. The summed E-state index contributed by atoms with van der Waals surface area (Å²) in [5.41, 5.74) is 2.42. The number of hydrogen-bond donors (Lipinski definition) is 0. The maximum absolute atomic E-state index is 12.4. The van der Waals surface area contributed by atoms with E-state index in [1.54, 1.807) is 7.11 Å². The van der Waals surface area contributed by atoms with Gasteiger partial charge in [0.1, 0.15) is 12.2 Å².